The molecule has 18 rings (SSSR count). The van der Waals surface area contributed by atoms with Gasteiger partial charge in [-0.2, -0.15) is 0 Å². The van der Waals surface area contributed by atoms with E-state index >= 15 is 0 Å². The van der Waals surface area contributed by atoms with Crippen LogP contribution in [-0.2, 0) is 28.4 Å². The zero-order valence-corrected chi connectivity index (χ0v) is 59.2. The molecule has 0 radical (unpaired) electrons. The minimum absolute atomic E-state index is 0.0389. The van der Waals surface area contributed by atoms with Crippen LogP contribution in [0.3, 0.4) is 0 Å². The Labute approximate surface area is 547 Å². The molecule has 18 aliphatic rings. The van der Waals surface area contributed by atoms with Crippen LogP contribution in [0.2, 0.25) is 0 Å². The van der Waals surface area contributed by atoms with E-state index in [1.807, 2.05) is 0 Å². The molecule has 90 heavy (non-hydrogen) atoms. The van der Waals surface area contributed by atoms with Crippen molar-refractivity contribution in [3.8, 4) is 0 Å². The van der Waals surface area contributed by atoms with Crippen molar-refractivity contribution in [2.75, 3.05) is 19.8 Å². The summed E-state index contributed by atoms with van der Waals surface area (Å²) in [6.07, 6.45) is 38.6. The molecule has 0 bridgehead atoms. The van der Waals surface area contributed by atoms with Crippen molar-refractivity contribution < 1.29 is 43.7 Å². The molecule has 0 aromatic carbocycles. The smallest absolute Gasteiger partial charge is 0.171 e. The predicted molar refractivity (Wildman–Crippen MR) is 353 cm³/mol. The van der Waals surface area contributed by atoms with Gasteiger partial charge in [0.2, 0.25) is 0 Å². The monoisotopic (exact) mass is 1250 g/mol. The van der Waals surface area contributed by atoms with Crippen LogP contribution in [0.25, 0.3) is 0 Å². The van der Waals surface area contributed by atoms with E-state index in [9.17, 15) is 15.3 Å². The number of aliphatic hydroxyl groups excluding tert-OH is 3. The molecule has 0 aromatic heterocycles. The maximum atomic E-state index is 10.3. The number of fused-ring (bicyclic) bond motifs is 21. The lowest BCUT2D eigenvalue weighted by atomic mass is 9.44. The van der Waals surface area contributed by atoms with Crippen molar-refractivity contribution in [1.82, 2.24) is 0 Å². The Morgan fingerprint density at radius 1 is 0.278 bits per heavy atom. The highest BCUT2D eigenvalue weighted by Crippen LogP contribution is 2.76. The summed E-state index contributed by atoms with van der Waals surface area (Å²) in [6.45, 7) is 32.7. The fourth-order valence-corrected chi connectivity index (χ4v) is 30.8. The van der Waals surface area contributed by atoms with Crippen LogP contribution < -0.4 is 0 Å². The van der Waals surface area contributed by atoms with E-state index in [2.05, 4.69) is 83.1 Å². The van der Waals surface area contributed by atoms with Crippen LogP contribution in [-0.4, -0.2) is 89.1 Å². The van der Waals surface area contributed by atoms with E-state index in [0.717, 1.165) is 149 Å². The van der Waals surface area contributed by atoms with E-state index in [-0.39, 0.29) is 35.7 Å². The van der Waals surface area contributed by atoms with Gasteiger partial charge in [0, 0.05) is 37.0 Å². The van der Waals surface area contributed by atoms with E-state index < -0.39 is 0 Å². The van der Waals surface area contributed by atoms with E-state index in [1.54, 1.807) is 0 Å². The van der Waals surface area contributed by atoms with Gasteiger partial charge in [0.1, 0.15) is 0 Å². The number of hydrogen-bond acceptors (Lipinski definition) is 9. The predicted octanol–water partition coefficient (Wildman–Crippen LogP) is 17.4. The summed E-state index contributed by atoms with van der Waals surface area (Å²) in [5.74, 6) is 14.8. The maximum absolute atomic E-state index is 10.3. The fourth-order valence-electron chi connectivity index (χ4n) is 30.8. The second-order valence-corrected chi connectivity index (χ2v) is 39.3. The topological polar surface area (TPSA) is 116 Å². The van der Waals surface area contributed by atoms with Gasteiger partial charge in [-0.25, -0.2) is 0 Å². The van der Waals surface area contributed by atoms with Crippen LogP contribution >= 0.6 is 0 Å². The number of rotatable bonds is 0. The molecule has 0 amide bonds. The van der Waals surface area contributed by atoms with Crippen molar-refractivity contribution in [3.63, 3.8) is 0 Å². The summed E-state index contributed by atoms with van der Waals surface area (Å²) >= 11 is 0. The molecule has 9 nitrogen and oxygen atoms in total. The highest BCUT2D eigenvalue weighted by Gasteiger charge is 2.73. The second-order valence-electron chi connectivity index (χ2n) is 39.3. The van der Waals surface area contributed by atoms with Crippen molar-refractivity contribution in [1.29, 1.82) is 0 Å². The maximum Gasteiger partial charge on any atom is 0.171 e. The van der Waals surface area contributed by atoms with Crippen molar-refractivity contribution in [2.24, 2.45) is 157 Å². The number of aliphatic hydroxyl groups is 3. The first-order valence-corrected chi connectivity index (χ1v) is 39.8. The average molecular weight is 1250 g/mol. The third kappa shape index (κ3) is 9.46. The fraction of sp³-hybridized carbons (Fsp3) is 1.00. The number of ether oxygens (including phenoxy) is 6. The van der Waals surface area contributed by atoms with Gasteiger partial charge in [-0.15, -0.1) is 0 Å². The molecular formula is C81H132O9. The molecule has 36 atom stereocenters. The molecular weight excluding hydrogens is 1120 g/mol. The van der Waals surface area contributed by atoms with E-state index in [0.29, 0.717) is 104 Å². The van der Waals surface area contributed by atoms with E-state index in [4.69, 9.17) is 28.4 Å². The van der Waals surface area contributed by atoms with Crippen molar-refractivity contribution in [2.45, 2.75) is 330 Å². The Kier molecular flexibility index (Phi) is 16.1. The zero-order valence-electron chi connectivity index (χ0n) is 59.2. The minimum Gasteiger partial charge on any atom is -0.393 e. The molecule has 3 spiro atoms. The Morgan fingerprint density at radius 2 is 0.544 bits per heavy atom. The van der Waals surface area contributed by atoms with Gasteiger partial charge >= 0.3 is 0 Å². The lowest BCUT2D eigenvalue weighted by molar-refractivity contribution is -0.273. The van der Waals surface area contributed by atoms with Gasteiger partial charge in [-0.05, 0) is 312 Å². The summed E-state index contributed by atoms with van der Waals surface area (Å²) in [5, 5.41) is 30.9. The second kappa shape index (κ2) is 22.6. The number of hydrogen-bond donors (Lipinski definition) is 3. The summed E-state index contributed by atoms with van der Waals surface area (Å²) in [5.41, 5.74) is 2.70. The van der Waals surface area contributed by atoms with Gasteiger partial charge in [0.25, 0.3) is 0 Å². The summed E-state index contributed by atoms with van der Waals surface area (Å²) < 4.78 is 40.1. The first kappa shape index (κ1) is 64.3. The minimum atomic E-state index is -0.282. The first-order valence-electron chi connectivity index (χ1n) is 39.8. The Morgan fingerprint density at radius 3 is 0.800 bits per heavy atom. The summed E-state index contributed by atoms with van der Waals surface area (Å²) in [4.78, 5) is 0. The molecule has 12 aliphatic carbocycles. The highest BCUT2D eigenvalue weighted by atomic mass is 16.7. The molecule has 12 saturated carbocycles. The average Bonchev–Trinajstić information content (AvgIpc) is 1.50. The third-order valence-electron chi connectivity index (χ3n) is 35.7. The molecule has 0 unspecified atom stereocenters. The van der Waals surface area contributed by atoms with Crippen LogP contribution in [0, 0.1) is 157 Å². The normalized spacial score (nSPS) is 62.5. The lowest BCUT2D eigenvalue weighted by Crippen LogP contribution is -2.55. The molecule has 18 fully saturated rings. The zero-order chi connectivity index (χ0) is 62.7. The Hall–Kier alpha value is -0.360. The SMILES string of the molecule is C[C@H]1CC[C@@]2(OC1)O[C@H]1C[C@H]3[C@@H]4CC[C@@H]5C[C@@H](O)CC[C@]5(C)[C@H]4CC[C@]3(C)[C@H]1[C@@H]2C.C[C@H]1CC[C@@]2(OC1)O[C@H]1C[C@H]3[C@@H]4CC[C@@H]5C[C@@H](O)CC[C@]5(C)[C@H]4CC[C@]3(C)[C@H]1[C@@H]2C.C[C@H]1CC[C@@]2(OC1)O[C@H]1C[C@H]3[C@@H]4CC[C@@H]5C[C@H](O)CC[C@]5(C)[C@H]4CC[C@]3(C)[C@H]1[C@@H]2C. The van der Waals surface area contributed by atoms with E-state index in [1.165, 1.54) is 135 Å². The molecule has 0 aromatic rings. The van der Waals surface area contributed by atoms with Gasteiger partial charge in [0.05, 0.1) is 56.4 Å². The van der Waals surface area contributed by atoms with Gasteiger partial charge in [-0.1, -0.05) is 83.1 Å². The van der Waals surface area contributed by atoms with Gasteiger partial charge in [0.15, 0.2) is 17.4 Å². The molecule has 6 heterocycles. The van der Waals surface area contributed by atoms with Crippen LogP contribution in [0.15, 0.2) is 0 Å². The lowest BCUT2D eigenvalue weighted by Gasteiger charge is -2.61. The Bertz CT molecular complexity index is 2330. The summed E-state index contributed by atoms with van der Waals surface area (Å²) in [7, 11) is 0. The van der Waals surface area contributed by atoms with Crippen molar-refractivity contribution >= 4 is 0 Å². The molecule has 510 valence electrons. The van der Waals surface area contributed by atoms with Crippen LogP contribution in [0.1, 0.15) is 276 Å². The van der Waals surface area contributed by atoms with Crippen molar-refractivity contribution in [3.05, 3.63) is 0 Å². The third-order valence-corrected chi connectivity index (χ3v) is 35.7. The summed E-state index contributed by atoms with van der Waals surface area (Å²) in [6, 6.07) is 0. The van der Waals surface area contributed by atoms with Crippen LogP contribution in [0.4, 0.5) is 0 Å². The van der Waals surface area contributed by atoms with Gasteiger partial charge < -0.3 is 43.7 Å². The van der Waals surface area contributed by atoms with Crippen LogP contribution in [0.5, 0.6) is 0 Å². The quantitative estimate of drug-likeness (QED) is 0.218. The standard InChI is InChI=1S/3C27H44O3/c3*1-16-7-12-27(29-15-16)17(2)24-23(30-27)14-22-20-6-5-18-13-19(28)8-10-25(18,3)21(20)9-11-26(22,24)4/h3*16-24,28H,5-15H2,1-4H3/t16-,17-,18+,19+,20+,21-,22-,23-,24-,25-,26-,27+;2*16-,17-,18+,19-,20+,21-,22-,23-,24-,25-,26-,27+/m000/s1. The first-order chi connectivity index (χ1) is 42.8. The van der Waals surface area contributed by atoms with Gasteiger partial charge in [-0.3, -0.25) is 0 Å². The molecule has 9 heteroatoms. The largest absolute Gasteiger partial charge is 0.393 e. The molecule has 6 saturated heterocycles. The molecule has 3 N–H and O–H groups in total. The Balaban J connectivity index is 0.000000108. The molecule has 6 aliphatic heterocycles. The highest BCUT2D eigenvalue weighted by molar-refractivity contribution is 5.19.